The molecule has 3 heterocycles. The van der Waals surface area contributed by atoms with Crippen LogP contribution in [-0.2, 0) is 11.2 Å². The van der Waals surface area contributed by atoms with Crippen molar-refractivity contribution in [3.63, 3.8) is 0 Å². The molecular weight excluding hydrogens is 411 g/mol. The van der Waals surface area contributed by atoms with Crippen molar-refractivity contribution in [1.82, 2.24) is 10.2 Å². The van der Waals surface area contributed by atoms with Crippen LogP contribution in [0.1, 0.15) is 28.8 Å². The Morgan fingerprint density at radius 2 is 2.20 bits per heavy atom. The molecule has 1 spiro atoms. The highest BCUT2D eigenvalue weighted by atomic mass is 32.2. The molecule has 1 amide bonds. The molecule has 1 unspecified atom stereocenters. The topological polar surface area (TPSA) is 129 Å². The number of nitrogens with one attached hydrogen (secondary N) is 1. The van der Waals surface area contributed by atoms with Crippen molar-refractivity contribution in [1.29, 1.82) is 0 Å². The highest BCUT2D eigenvalue weighted by Crippen LogP contribution is 2.41. The Morgan fingerprint density at radius 3 is 2.87 bits per heavy atom. The SMILES string of the molecule is COc1ccc2c(c1C(=O)O)O[B-](O)(O)[C@@H](SCC(=O)N1CCC3(CCNC3)C1)C2. The van der Waals surface area contributed by atoms with Crippen molar-refractivity contribution < 1.29 is 34.1 Å². The summed E-state index contributed by atoms with van der Waals surface area (Å²) in [5.41, 5.74) is 0.480. The summed E-state index contributed by atoms with van der Waals surface area (Å²) in [7, 11) is 1.33. The third kappa shape index (κ3) is 3.86. The van der Waals surface area contributed by atoms with Gasteiger partial charge in [-0.3, -0.25) is 4.79 Å². The fourth-order valence-corrected chi connectivity index (χ4v) is 5.78. The Morgan fingerprint density at radius 1 is 1.40 bits per heavy atom. The number of ether oxygens (including phenoxy) is 1. The predicted octanol–water partition coefficient (Wildman–Crippen LogP) is 0.105. The second-order valence-electron chi connectivity index (χ2n) is 8.36. The maximum absolute atomic E-state index is 12.7. The molecule has 3 aliphatic heterocycles. The number of carboxylic acid groups (broad SMARTS) is 1. The van der Waals surface area contributed by atoms with E-state index in [-0.39, 0.29) is 40.6 Å². The molecule has 2 fully saturated rings. The molecule has 0 radical (unpaired) electrons. The van der Waals surface area contributed by atoms with E-state index in [1.165, 1.54) is 13.2 Å². The Balaban J connectivity index is 1.44. The number of methoxy groups -OCH3 is 1. The summed E-state index contributed by atoms with van der Waals surface area (Å²) in [6.07, 6.45) is 2.24. The second kappa shape index (κ2) is 7.95. The van der Waals surface area contributed by atoms with Gasteiger partial charge in [-0.1, -0.05) is 6.07 Å². The maximum Gasteiger partial charge on any atom is 0.443 e. The predicted molar refractivity (Wildman–Crippen MR) is 112 cm³/mol. The standard InChI is InChI=1S/C19H26BN2O7S/c1-28-13-3-2-12-8-14(20(26,27)29-17(12)16(13)18(24)25)30-9-15(23)22-7-5-19(11-22)4-6-21-10-19/h2-3,14,21,26-27H,4-11H2,1H3,(H,24,25)/q-1/t14-,19?/m0/s1. The van der Waals surface area contributed by atoms with Crippen LogP contribution in [0.4, 0.5) is 0 Å². The average Bonchev–Trinajstić information content (AvgIpc) is 3.34. The molecule has 1 aromatic rings. The quantitative estimate of drug-likeness (QED) is 0.475. The zero-order valence-electron chi connectivity index (χ0n) is 16.8. The molecule has 11 heteroatoms. The molecule has 0 bridgehead atoms. The van der Waals surface area contributed by atoms with Gasteiger partial charge in [-0.05, 0) is 42.6 Å². The van der Waals surface area contributed by atoms with E-state index in [1.54, 1.807) is 6.07 Å². The molecule has 30 heavy (non-hydrogen) atoms. The zero-order chi connectivity index (χ0) is 21.5. The molecule has 9 nitrogen and oxygen atoms in total. The van der Waals surface area contributed by atoms with Crippen molar-refractivity contribution in [2.75, 3.05) is 39.0 Å². The van der Waals surface area contributed by atoms with Crippen LogP contribution < -0.4 is 14.7 Å². The molecular formula is C19H26BN2O7S-. The van der Waals surface area contributed by atoms with Crippen molar-refractivity contribution in [3.8, 4) is 11.5 Å². The van der Waals surface area contributed by atoms with Crippen LogP contribution >= 0.6 is 11.8 Å². The van der Waals surface area contributed by atoms with Gasteiger partial charge in [0.2, 0.25) is 5.91 Å². The lowest BCUT2D eigenvalue weighted by Gasteiger charge is -2.43. The third-order valence-electron chi connectivity index (χ3n) is 6.38. The van der Waals surface area contributed by atoms with E-state index in [9.17, 15) is 24.7 Å². The summed E-state index contributed by atoms with van der Waals surface area (Å²) in [5.74, 6) is -1.20. The number of aromatic carboxylic acids is 1. The molecule has 4 rings (SSSR count). The van der Waals surface area contributed by atoms with Crippen LogP contribution in [-0.4, -0.2) is 82.9 Å². The first-order chi connectivity index (χ1) is 14.2. The number of carbonyl (C=O) groups is 2. The Bertz CT molecular complexity index is 860. The van der Waals surface area contributed by atoms with E-state index < -0.39 is 17.9 Å². The monoisotopic (exact) mass is 437 g/mol. The molecule has 4 N–H and O–H groups in total. The first-order valence-corrected chi connectivity index (χ1v) is 11.1. The van der Waals surface area contributed by atoms with Gasteiger partial charge >= 0.3 is 12.7 Å². The van der Waals surface area contributed by atoms with Crippen molar-refractivity contribution >= 4 is 30.4 Å². The van der Waals surface area contributed by atoms with Gasteiger partial charge in [0.15, 0.2) is 0 Å². The van der Waals surface area contributed by atoms with Gasteiger partial charge in [-0.2, -0.15) is 11.8 Å². The fourth-order valence-electron chi connectivity index (χ4n) is 4.64. The second-order valence-corrected chi connectivity index (χ2v) is 9.59. The number of fused-ring (bicyclic) bond motifs is 1. The minimum atomic E-state index is -3.35. The van der Waals surface area contributed by atoms with Gasteiger partial charge in [-0.15, -0.1) is 0 Å². The van der Waals surface area contributed by atoms with Crippen LogP contribution in [0, 0.1) is 5.41 Å². The number of hydrogen-bond donors (Lipinski definition) is 4. The van der Waals surface area contributed by atoms with Gasteiger partial charge < -0.3 is 34.8 Å². The summed E-state index contributed by atoms with van der Waals surface area (Å²) in [6.45, 7) is 0.0336. The lowest BCUT2D eigenvalue weighted by atomic mass is 9.69. The number of benzene rings is 1. The van der Waals surface area contributed by atoms with E-state index in [0.717, 1.165) is 50.8 Å². The number of thioether (sulfide) groups is 1. The van der Waals surface area contributed by atoms with Crippen molar-refractivity contribution in [2.45, 2.75) is 24.4 Å². The van der Waals surface area contributed by atoms with Crippen LogP contribution in [0.15, 0.2) is 12.1 Å². The molecule has 0 saturated carbocycles. The Hall–Kier alpha value is -1.95. The molecule has 164 valence electrons. The highest BCUT2D eigenvalue weighted by Gasteiger charge is 2.44. The van der Waals surface area contributed by atoms with Gasteiger partial charge in [0.25, 0.3) is 0 Å². The zero-order valence-corrected chi connectivity index (χ0v) is 17.6. The molecule has 0 aromatic heterocycles. The first-order valence-electron chi connectivity index (χ1n) is 10.1. The van der Waals surface area contributed by atoms with Crippen LogP contribution in [0.25, 0.3) is 0 Å². The fraction of sp³-hybridized carbons (Fsp3) is 0.579. The van der Waals surface area contributed by atoms with Gasteiger partial charge in [0, 0.05) is 25.0 Å². The lowest BCUT2D eigenvalue weighted by Crippen LogP contribution is -2.56. The van der Waals surface area contributed by atoms with Crippen molar-refractivity contribution in [2.24, 2.45) is 5.41 Å². The Labute approximate surface area is 178 Å². The normalized spacial score (nSPS) is 27.0. The summed E-state index contributed by atoms with van der Waals surface area (Å²) < 4.78 is 10.4. The van der Waals surface area contributed by atoms with E-state index in [0.29, 0.717) is 5.56 Å². The van der Waals surface area contributed by atoms with E-state index >= 15 is 0 Å². The highest BCUT2D eigenvalue weighted by molar-refractivity contribution is 8.02. The summed E-state index contributed by atoms with van der Waals surface area (Å²) in [6, 6.07) is 3.17. The lowest BCUT2D eigenvalue weighted by molar-refractivity contribution is -0.127. The van der Waals surface area contributed by atoms with Crippen LogP contribution in [0.2, 0.25) is 0 Å². The van der Waals surface area contributed by atoms with E-state index in [2.05, 4.69) is 5.32 Å². The third-order valence-corrected chi connectivity index (χ3v) is 7.74. The van der Waals surface area contributed by atoms with Crippen molar-refractivity contribution in [3.05, 3.63) is 23.3 Å². The number of amides is 1. The number of nitrogens with zero attached hydrogens (tertiary/aromatic N) is 1. The number of hydrogen-bond acceptors (Lipinski definition) is 8. The minimum Gasteiger partial charge on any atom is -0.669 e. The average molecular weight is 437 g/mol. The van der Waals surface area contributed by atoms with E-state index in [4.69, 9.17) is 9.39 Å². The molecule has 2 saturated heterocycles. The summed E-state index contributed by atoms with van der Waals surface area (Å²) in [5, 5.41) is 33.1. The van der Waals surface area contributed by atoms with Gasteiger partial charge in [-0.25, -0.2) is 4.79 Å². The van der Waals surface area contributed by atoms with Gasteiger partial charge in [0.05, 0.1) is 18.6 Å². The smallest absolute Gasteiger partial charge is 0.443 e. The van der Waals surface area contributed by atoms with E-state index in [1.807, 2.05) is 4.90 Å². The number of carboxylic acids is 1. The summed E-state index contributed by atoms with van der Waals surface area (Å²) in [4.78, 5) is 26.2. The molecule has 0 aliphatic carbocycles. The largest absolute Gasteiger partial charge is 0.669 e. The molecule has 2 atom stereocenters. The number of rotatable bonds is 5. The molecule has 3 aliphatic rings. The summed E-state index contributed by atoms with van der Waals surface area (Å²) >= 11 is 1.14. The van der Waals surface area contributed by atoms with Crippen LogP contribution in [0.3, 0.4) is 0 Å². The first kappa shape index (κ1) is 21.3. The maximum atomic E-state index is 12.7. The Kier molecular flexibility index (Phi) is 5.65. The number of likely N-dealkylation sites (tertiary alicyclic amines) is 1. The molecule has 1 aromatic carbocycles. The van der Waals surface area contributed by atoms with Gasteiger partial charge in [0.1, 0.15) is 11.3 Å². The number of carbonyl (C=O) groups excluding carboxylic acids is 1. The van der Waals surface area contributed by atoms with Crippen LogP contribution in [0.5, 0.6) is 11.5 Å². The minimum absolute atomic E-state index is 0.0258.